The third-order valence-electron chi connectivity index (χ3n) is 2.86. The monoisotopic (exact) mass is 257 g/mol. The van der Waals surface area contributed by atoms with Gasteiger partial charge < -0.3 is 5.32 Å². The van der Waals surface area contributed by atoms with Crippen LogP contribution in [0.5, 0.6) is 0 Å². The topological polar surface area (TPSA) is 46.9 Å². The van der Waals surface area contributed by atoms with Crippen LogP contribution in [0.3, 0.4) is 0 Å². The van der Waals surface area contributed by atoms with Crippen LogP contribution in [-0.2, 0) is 6.54 Å². The Morgan fingerprint density at radius 3 is 2.42 bits per heavy atom. The lowest BCUT2D eigenvalue weighted by molar-refractivity contribution is 0.639. The molecule has 0 spiro atoms. The van der Waals surface area contributed by atoms with Gasteiger partial charge in [0.25, 0.3) is 5.56 Å². The summed E-state index contributed by atoms with van der Waals surface area (Å²) in [7, 11) is 0. The Bertz CT molecular complexity index is 611. The molecule has 4 nitrogen and oxygen atoms in total. The van der Waals surface area contributed by atoms with Crippen LogP contribution in [-0.4, -0.2) is 16.3 Å². The van der Waals surface area contributed by atoms with E-state index < -0.39 is 0 Å². The first-order valence-electron chi connectivity index (χ1n) is 6.46. The van der Waals surface area contributed by atoms with Crippen LogP contribution in [0.25, 0.3) is 0 Å². The number of nitrogens with zero attached hydrogens (tertiary/aromatic N) is 2. The van der Waals surface area contributed by atoms with Gasteiger partial charge in [0.15, 0.2) is 0 Å². The molecule has 0 atom stereocenters. The summed E-state index contributed by atoms with van der Waals surface area (Å²) in [5.41, 5.74) is 4.18. The minimum Gasteiger partial charge on any atom is -0.384 e. The maximum absolute atomic E-state index is 11.9. The first-order valence-corrected chi connectivity index (χ1v) is 6.46. The number of aryl methyl sites for hydroxylation is 2. The number of anilines is 1. The van der Waals surface area contributed by atoms with Crippen LogP contribution in [0.2, 0.25) is 0 Å². The smallest absolute Gasteiger partial charge is 0.269 e. The van der Waals surface area contributed by atoms with Gasteiger partial charge in [-0.25, -0.2) is 4.68 Å². The van der Waals surface area contributed by atoms with Gasteiger partial charge in [-0.3, -0.25) is 4.79 Å². The SMILES string of the molecule is CCNc1cnn(Cc2cc(C)cc(C)c2)c(=O)c1. The highest BCUT2D eigenvalue weighted by Gasteiger charge is 2.02. The molecule has 4 heteroatoms. The number of hydrogen-bond acceptors (Lipinski definition) is 3. The van der Waals surface area contributed by atoms with Crippen LogP contribution in [0, 0.1) is 13.8 Å². The van der Waals surface area contributed by atoms with Crippen molar-refractivity contribution in [3.63, 3.8) is 0 Å². The van der Waals surface area contributed by atoms with Gasteiger partial charge >= 0.3 is 0 Å². The van der Waals surface area contributed by atoms with Gasteiger partial charge in [0.2, 0.25) is 0 Å². The summed E-state index contributed by atoms with van der Waals surface area (Å²) in [6.45, 7) is 7.39. The molecule has 100 valence electrons. The van der Waals surface area contributed by atoms with Crippen molar-refractivity contribution in [3.05, 3.63) is 57.5 Å². The van der Waals surface area contributed by atoms with E-state index in [1.807, 2.05) is 6.92 Å². The molecule has 0 aliphatic heterocycles. The molecule has 2 rings (SSSR count). The lowest BCUT2D eigenvalue weighted by Gasteiger charge is -2.08. The standard InChI is InChI=1S/C15H19N3O/c1-4-16-14-8-15(19)18(17-9-14)10-13-6-11(2)5-12(3)7-13/h5-9,16H,4,10H2,1-3H3. The van der Waals surface area contributed by atoms with Crippen molar-refractivity contribution >= 4 is 5.69 Å². The summed E-state index contributed by atoms with van der Waals surface area (Å²) in [5, 5.41) is 7.27. The molecule has 0 aliphatic rings. The molecule has 0 unspecified atom stereocenters. The average molecular weight is 257 g/mol. The second-order valence-electron chi connectivity index (χ2n) is 4.77. The first-order chi connectivity index (χ1) is 9.08. The van der Waals surface area contributed by atoms with E-state index in [9.17, 15) is 4.79 Å². The Kier molecular flexibility index (Phi) is 4.00. The highest BCUT2D eigenvalue weighted by molar-refractivity contribution is 5.38. The summed E-state index contributed by atoms with van der Waals surface area (Å²) in [4.78, 5) is 11.9. The average Bonchev–Trinajstić information content (AvgIpc) is 2.32. The Balaban J connectivity index is 2.26. The van der Waals surface area contributed by atoms with Crippen molar-refractivity contribution in [3.8, 4) is 0 Å². The number of nitrogens with one attached hydrogen (secondary N) is 1. The zero-order chi connectivity index (χ0) is 13.8. The van der Waals surface area contributed by atoms with Crippen molar-refractivity contribution in [2.45, 2.75) is 27.3 Å². The van der Waals surface area contributed by atoms with Gasteiger partial charge in [-0.2, -0.15) is 5.10 Å². The molecular formula is C15H19N3O. The van der Waals surface area contributed by atoms with Crippen molar-refractivity contribution < 1.29 is 0 Å². The second-order valence-corrected chi connectivity index (χ2v) is 4.77. The fourth-order valence-corrected chi connectivity index (χ4v) is 2.19. The van der Waals surface area contributed by atoms with Gasteiger partial charge in [-0.15, -0.1) is 0 Å². The predicted molar refractivity (Wildman–Crippen MR) is 77.7 cm³/mol. The molecule has 0 saturated heterocycles. The van der Waals surface area contributed by atoms with Crippen molar-refractivity contribution in [2.24, 2.45) is 0 Å². The zero-order valence-corrected chi connectivity index (χ0v) is 11.6. The predicted octanol–water partition coefficient (Wildman–Crippen LogP) is 2.34. The molecule has 1 N–H and O–H groups in total. The summed E-state index contributed by atoms with van der Waals surface area (Å²) < 4.78 is 1.48. The third-order valence-corrected chi connectivity index (χ3v) is 2.86. The fraction of sp³-hybridized carbons (Fsp3) is 0.333. The molecule has 1 aromatic carbocycles. The molecule has 0 saturated carbocycles. The van der Waals surface area contributed by atoms with Crippen LogP contribution >= 0.6 is 0 Å². The van der Waals surface area contributed by atoms with Crippen LogP contribution in [0.15, 0.2) is 35.3 Å². The normalized spacial score (nSPS) is 10.5. The van der Waals surface area contributed by atoms with Crippen LogP contribution < -0.4 is 10.9 Å². The van der Waals surface area contributed by atoms with Gasteiger partial charge in [-0.1, -0.05) is 29.3 Å². The summed E-state index contributed by atoms with van der Waals surface area (Å²) in [5.74, 6) is 0. The van der Waals surface area contributed by atoms with E-state index in [4.69, 9.17) is 0 Å². The summed E-state index contributed by atoms with van der Waals surface area (Å²) in [6, 6.07) is 7.87. The Hall–Kier alpha value is -2.10. The van der Waals surface area contributed by atoms with E-state index in [1.54, 1.807) is 12.3 Å². The molecule has 2 aromatic rings. The lowest BCUT2D eigenvalue weighted by Crippen LogP contribution is -2.23. The van der Waals surface area contributed by atoms with E-state index in [0.29, 0.717) is 6.54 Å². The minimum atomic E-state index is -0.0855. The summed E-state index contributed by atoms with van der Waals surface area (Å²) >= 11 is 0. The number of aromatic nitrogens is 2. The van der Waals surface area contributed by atoms with Crippen molar-refractivity contribution in [1.29, 1.82) is 0 Å². The minimum absolute atomic E-state index is 0.0855. The Morgan fingerprint density at radius 1 is 1.16 bits per heavy atom. The second kappa shape index (κ2) is 5.69. The van der Waals surface area contributed by atoms with E-state index >= 15 is 0 Å². The molecule has 19 heavy (non-hydrogen) atoms. The molecule has 0 radical (unpaired) electrons. The van der Waals surface area contributed by atoms with E-state index in [-0.39, 0.29) is 5.56 Å². The fourth-order valence-electron chi connectivity index (χ4n) is 2.19. The largest absolute Gasteiger partial charge is 0.384 e. The Morgan fingerprint density at radius 2 is 1.84 bits per heavy atom. The summed E-state index contributed by atoms with van der Waals surface area (Å²) in [6.07, 6.45) is 1.69. The van der Waals surface area contributed by atoms with Gasteiger partial charge in [-0.05, 0) is 26.3 Å². The molecule has 0 aliphatic carbocycles. The highest BCUT2D eigenvalue weighted by atomic mass is 16.1. The van der Waals surface area contributed by atoms with Crippen LogP contribution in [0.1, 0.15) is 23.6 Å². The quantitative estimate of drug-likeness (QED) is 0.914. The Labute approximate surface area is 113 Å². The molecule has 0 fully saturated rings. The zero-order valence-electron chi connectivity index (χ0n) is 11.6. The molecular weight excluding hydrogens is 238 g/mol. The van der Waals surface area contributed by atoms with Crippen LogP contribution in [0.4, 0.5) is 5.69 Å². The lowest BCUT2D eigenvalue weighted by atomic mass is 10.1. The maximum atomic E-state index is 11.9. The molecule has 0 bridgehead atoms. The van der Waals surface area contributed by atoms with E-state index in [1.165, 1.54) is 15.8 Å². The number of benzene rings is 1. The van der Waals surface area contributed by atoms with Crippen molar-refractivity contribution in [2.75, 3.05) is 11.9 Å². The maximum Gasteiger partial charge on any atom is 0.269 e. The molecule has 0 amide bonds. The third kappa shape index (κ3) is 3.44. The van der Waals surface area contributed by atoms with Gasteiger partial charge in [0.05, 0.1) is 18.4 Å². The first kappa shape index (κ1) is 13.3. The number of rotatable bonds is 4. The molecule has 1 heterocycles. The number of hydrogen-bond donors (Lipinski definition) is 1. The van der Waals surface area contributed by atoms with E-state index in [2.05, 4.69) is 42.5 Å². The van der Waals surface area contributed by atoms with Crippen molar-refractivity contribution in [1.82, 2.24) is 9.78 Å². The van der Waals surface area contributed by atoms with E-state index in [0.717, 1.165) is 17.8 Å². The highest BCUT2D eigenvalue weighted by Crippen LogP contribution is 2.09. The van der Waals surface area contributed by atoms with Gasteiger partial charge in [0, 0.05) is 12.6 Å². The molecule has 1 aromatic heterocycles. The van der Waals surface area contributed by atoms with Gasteiger partial charge in [0.1, 0.15) is 0 Å².